The minimum Gasteiger partial charge on any atom is -0.445 e. The molecule has 0 saturated heterocycles. The number of ether oxygens (including phenoxy) is 1. The molecule has 0 spiro atoms. The number of thiophene rings is 1. The van der Waals surface area contributed by atoms with Gasteiger partial charge in [0.25, 0.3) is 10.0 Å². The van der Waals surface area contributed by atoms with Gasteiger partial charge in [-0.15, -0.1) is 6.58 Å². The molecule has 0 aliphatic carbocycles. The van der Waals surface area contributed by atoms with E-state index in [2.05, 4.69) is 18.2 Å². The van der Waals surface area contributed by atoms with Crippen LogP contribution >= 0.6 is 22.9 Å². The third-order valence-electron chi connectivity index (χ3n) is 3.56. The van der Waals surface area contributed by atoms with Gasteiger partial charge in [-0.1, -0.05) is 73.4 Å². The van der Waals surface area contributed by atoms with Gasteiger partial charge in [-0.05, 0) is 24.6 Å². The number of hydrogen-bond acceptors (Lipinski definition) is 4. The Hall–Kier alpha value is -1.34. The zero-order chi connectivity index (χ0) is 18.3. The summed E-state index contributed by atoms with van der Waals surface area (Å²) in [4.78, 5) is 0. The molecule has 25 heavy (non-hydrogen) atoms. The fourth-order valence-corrected chi connectivity index (χ4v) is 5.08. The van der Waals surface area contributed by atoms with Gasteiger partial charge in [-0.2, -0.15) is 0 Å². The highest BCUT2D eigenvalue weighted by Gasteiger charge is 2.23. The average Bonchev–Trinajstić information content (AvgIpc) is 2.96. The number of sulfonamides is 1. The maximum absolute atomic E-state index is 12.6. The Morgan fingerprint density at radius 2 is 2.04 bits per heavy atom. The average molecular weight is 400 g/mol. The Morgan fingerprint density at radius 1 is 1.32 bits per heavy atom. The molecule has 1 aromatic carbocycles. The van der Waals surface area contributed by atoms with Crippen molar-refractivity contribution in [2.24, 2.45) is 0 Å². The van der Waals surface area contributed by atoms with E-state index in [0.717, 1.165) is 37.0 Å². The summed E-state index contributed by atoms with van der Waals surface area (Å²) in [5.74, 6) is 0.603. The molecule has 2 aromatic rings. The molecule has 1 unspecified atom stereocenters. The van der Waals surface area contributed by atoms with Crippen LogP contribution in [-0.2, 0) is 10.0 Å². The van der Waals surface area contributed by atoms with Crippen molar-refractivity contribution in [2.75, 3.05) is 0 Å². The highest BCUT2D eigenvalue weighted by atomic mass is 35.5. The molecule has 0 fully saturated rings. The molecular formula is C18H22ClNO3S2. The van der Waals surface area contributed by atoms with Crippen molar-refractivity contribution in [2.45, 2.75) is 42.9 Å². The first-order chi connectivity index (χ1) is 12.0. The number of hydrogen-bond donors (Lipinski definition) is 1. The van der Waals surface area contributed by atoms with E-state index in [1.165, 1.54) is 6.07 Å². The second kappa shape index (κ2) is 9.38. The van der Waals surface area contributed by atoms with Crippen LogP contribution in [0, 0.1) is 0 Å². The molecule has 4 nitrogen and oxygen atoms in total. The van der Waals surface area contributed by atoms with Crippen molar-refractivity contribution in [1.82, 2.24) is 4.72 Å². The first-order valence-corrected chi connectivity index (χ1v) is 10.8. The normalized spacial score (nSPS) is 12.7. The first-order valence-electron chi connectivity index (χ1n) is 8.13. The van der Waals surface area contributed by atoms with Crippen LogP contribution in [0.5, 0.6) is 10.8 Å². The highest BCUT2D eigenvalue weighted by molar-refractivity contribution is 7.91. The van der Waals surface area contributed by atoms with Gasteiger partial charge < -0.3 is 4.74 Å². The van der Waals surface area contributed by atoms with Crippen LogP contribution in [0.2, 0.25) is 5.02 Å². The van der Waals surface area contributed by atoms with Crippen LogP contribution in [0.3, 0.4) is 0 Å². The van der Waals surface area contributed by atoms with Crippen molar-refractivity contribution in [3.05, 3.63) is 54.1 Å². The molecule has 1 atom stereocenters. The molecule has 0 aliphatic heterocycles. The van der Waals surface area contributed by atoms with E-state index >= 15 is 0 Å². The Morgan fingerprint density at radius 3 is 2.68 bits per heavy atom. The number of para-hydroxylation sites is 1. The van der Waals surface area contributed by atoms with Gasteiger partial charge in [0.15, 0.2) is 0 Å². The molecule has 0 bridgehead atoms. The monoisotopic (exact) mass is 399 g/mol. The number of unbranched alkanes of at least 4 members (excludes halogenated alkanes) is 2. The van der Waals surface area contributed by atoms with Crippen molar-refractivity contribution in [3.8, 4) is 10.8 Å². The summed E-state index contributed by atoms with van der Waals surface area (Å²) in [6, 6.07) is 10.2. The summed E-state index contributed by atoms with van der Waals surface area (Å²) < 4.78 is 33.7. The Bertz CT molecular complexity index is 788. The number of nitrogens with one attached hydrogen (secondary N) is 1. The Balaban J connectivity index is 2.11. The minimum atomic E-state index is -3.67. The quantitative estimate of drug-likeness (QED) is 0.417. The molecule has 0 radical (unpaired) electrons. The van der Waals surface area contributed by atoms with E-state index < -0.39 is 10.0 Å². The minimum absolute atomic E-state index is 0.130. The van der Waals surface area contributed by atoms with E-state index in [1.54, 1.807) is 18.2 Å². The van der Waals surface area contributed by atoms with E-state index in [0.29, 0.717) is 10.8 Å². The van der Waals surface area contributed by atoms with Gasteiger partial charge in [0.1, 0.15) is 9.96 Å². The van der Waals surface area contributed by atoms with E-state index in [-0.39, 0.29) is 15.3 Å². The number of rotatable bonds is 10. The lowest BCUT2D eigenvalue weighted by Gasteiger charge is -2.13. The molecule has 1 aromatic heterocycles. The number of halogens is 1. The molecule has 1 heterocycles. The summed E-state index contributed by atoms with van der Waals surface area (Å²) in [5, 5.41) is 0.629. The van der Waals surface area contributed by atoms with Crippen LogP contribution in [0.1, 0.15) is 32.6 Å². The Kier molecular flexibility index (Phi) is 7.50. The van der Waals surface area contributed by atoms with Gasteiger partial charge in [-0.3, -0.25) is 0 Å². The highest BCUT2D eigenvalue weighted by Crippen LogP contribution is 2.39. The lowest BCUT2D eigenvalue weighted by atomic mass is 10.1. The second-order valence-corrected chi connectivity index (χ2v) is 8.94. The largest absolute Gasteiger partial charge is 0.445 e. The topological polar surface area (TPSA) is 55.4 Å². The molecule has 1 N–H and O–H groups in total. The smallest absolute Gasteiger partial charge is 0.250 e. The van der Waals surface area contributed by atoms with Crippen molar-refractivity contribution >= 4 is 33.0 Å². The molecule has 0 aliphatic rings. The predicted octanol–water partition coefficient (Wildman–Crippen LogP) is 5.61. The van der Waals surface area contributed by atoms with Crippen LogP contribution in [0.15, 0.2) is 53.3 Å². The van der Waals surface area contributed by atoms with E-state index in [9.17, 15) is 8.42 Å². The van der Waals surface area contributed by atoms with Gasteiger partial charge >= 0.3 is 0 Å². The van der Waals surface area contributed by atoms with Crippen molar-refractivity contribution < 1.29 is 13.2 Å². The van der Waals surface area contributed by atoms with Crippen molar-refractivity contribution in [3.63, 3.8) is 0 Å². The first kappa shape index (κ1) is 20.0. The van der Waals surface area contributed by atoms with Crippen molar-refractivity contribution in [1.29, 1.82) is 0 Å². The van der Waals surface area contributed by atoms with Crippen LogP contribution in [0.25, 0.3) is 0 Å². The summed E-state index contributed by atoms with van der Waals surface area (Å²) in [7, 11) is -3.67. The van der Waals surface area contributed by atoms with Gasteiger partial charge in [-0.25, -0.2) is 13.1 Å². The summed E-state index contributed by atoms with van der Waals surface area (Å²) >= 11 is 7.15. The predicted molar refractivity (Wildman–Crippen MR) is 104 cm³/mol. The second-order valence-electron chi connectivity index (χ2n) is 5.58. The van der Waals surface area contributed by atoms with Gasteiger partial charge in [0.2, 0.25) is 5.06 Å². The molecule has 0 amide bonds. The molecule has 7 heteroatoms. The fourth-order valence-electron chi connectivity index (χ4n) is 2.23. The van der Waals surface area contributed by atoms with Crippen LogP contribution in [-0.4, -0.2) is 14.5 Å². The zero-order valence-corrected chi connectivity index (χ0v) is 16.5. The van der Waals surface area contributed by atoms with Crippen LogP contribution in [0.4, 0.5) is 0 Å². The Labute approximate surface area is 158 Å². The molecular weight excluding hydrogens is 378 g/mol. The molecule has 136 valence electrons. The SMILES string of the molecule is C=CC(CCCCC)NS(=O)(=O)c1cc(Cl)c(Oc2ccccc2)s1. The number of benzene rings is 1. The summed E-state index contributed by atoms with van der Waals surface area (Å²) in [5.41, 5.74) is 0. The zero-order valence-electron chi connectivity index (χ0n) is 14.1. The van der Waals surface area contributed by atoms with E-state index in [1.807, 2.05) is 18.2 Å². The lowest BCUT2D eigenvalue weighted by molar-refractivity contribution is 0.497. The maximum atomic E-state index is 12.6. The summed E-state index contributed by atoms with van der Waals surface area (Å²) in [6.45, 7) is 5.83. The van der Waals surface area contributed by atoms with E-state index in [4.69, 9.17) is 16.3 Å². The van der Waals surface area contributed by atoms with Gasteiger partial charge in [0, 0.05) is 6.04 Å². The molecule has 2 rings (SSSR count). The maximum Gasteiger partial charge on any atom is 0.250 e. The molecule has 0 saturated carbocycles. The van der Waals surface area contributed by atoms with Crippen LogP contribution < -0.4 is 9.46 Å². The summed E-state index contributed by atoms with van der Waals surface area (Å²) in [6.07, 6.45) is 5.44. The lowest BCUT2D eigenvalue weighted by Crippen LogP contribution is -2.32. The van der Waals surface area contributed by atoms with Gasteiger partial charge in [0.05, 0.1) is 5.02 Å². The third-order valence-corrected chi connectivity index (χ3v) is 6.93. The fraction of sp³-hybridized carbons (Fsp3) is 0.333. The third kappa shape index (κ3) is 5.85. The standard InChI is InChI=1S/C18H22ClNO3S2/c1-3-5-7-10-14(4-2)20-25(21,22)17-13-16(19)18(24-17)23-15-11-8-6-9-12-15/h4,6,8-9,11-14,20H,2-3,5,7,10H2,1H3.